The van der Waals surface area contributed by atoms with E-state index in [1.165, 1.54) is 11.3 Å². The van der Waals surface area contributed by atoms with Crippen LogP contribution in [-0.4, -0.2) is 17.5 Å². The molecule has 1 aromatic carbocycles. The Morgan fingerprint density at radius 3 is 3.00 bits per heavy atom. The fourth-order valence-electron chi connectivity index (χ4n) is 1.05. The van der Waals surface area contributed by atoms with E-state index in [0.29, 0.717) is 5.19 Å². The van der Waals surface area contributed by atoms with Crippen LogP contribution in [0.25, 0.3) is 10.2 Å². The lowest BCUT2D eigenvalue weighted by Crippen LogP contribution is -2.19. The highest BCUT2D eigenvalue weighted by molar-refractivity contribution is 7.20. The van der Waals surface area contributed by atoms with E-state index in [9.17, 15) is 4.79 Å². The van der Waals surface area contributed by atoms with E-state index in [2.05, 4.69) is 4.98 Å². The molecule has 0 aliphatic carbocycles. The first-order chi connectivity index (χ1) is 6.75. The molecule has 0 atom stereocenters. The molecule has 0 fully saturated rings. The zero-order valence-corrected chi connectivity index (χ0v) is 8.08. The smallest absolute Gasteiger partial charge is 0.274 e. The molecule has 4 nitrogen and oxygen atoms in total. The summed E-state index contributed by atoms with van der Waals surface area (Å²) < 4.78 is 6.12. The third-order valence-corrected chi connectivity index (χ3v) is 2.56. The van der Waals surface area contributed by atoms with Crippen LogP contribution in [-0.2, 0) is 4.79 Å². The molecule has 0 aliphatic rings. The molecule has 2 N–H and O–H groups in total. The normalized spacial score (nSPS) is 10.3. The highest BCUT2D eigenvalue weighted by Gasteiger charge is 2.04. The molecule has 0 radical (unpaired) electrons. The van der Waals surface area contributed by atoms with E-state index in [1.807, 2.05) is 24.3 Å². The summed E-state index contributed by atoms with van der Waals surface area (Å²) in [6, 6.07) is 7.67. The second-order valence-electron chi connectivity index (χ2n) is 2.70. The molecule has 1 heterocycles. The Balaban J connectivity index is 2.22. The summed E-state index contributed by atoms with van der Waals surface area (Å²) >= 11 is 1.40. The predicted molar refractivity (Wildman–Crippen MR) is 54.3 cm³/mol. The Hall–Kier alpha value is -1.62. The van der Waals surface area contributed by atoms with Crippen LogP contribution in [0.15, 0.2) is 24.3 Å². The van der Waals surface area contributed by atoms with Gasteiger partial charge in [-0.2, -0.15) is 0 Å². The fraction of sp³-hybridized carbons (Fsp3) is 0.111. The second-order valence-corrected chi connectivity index (χ2v) is 3.70. The maximum absolute atomic E-state index is 10.5. The van der Waals surface area contributed by atoms with Crippen LogP contribution in [0.1, 0.15) is 0 Å². The lowest BCUT2D eigenvalue weighted by Gasteiger charge is -1.95. The number of amides is 1. The van der Waals surface area contributed by atoms with Gasteiger partial charge in [0.2, 0.25) is 0 Å². The van der Waals surface area contributed by atoms with Crippen molar-refractivity contribution >= 4 is 27.5 Å². The summed E-state index contributed by atoms with van der Waals surface area (Å²) in [6.45, 7) is -0.125. The molecule has 5 heteroatoms. The Morgan fingerprint density at radius 1 is 1.50 bits per heavy atom. The number of carbonyl (C=O) groups excluding carboxylic acids is 1. The Bertz CT molecular complexity index is 434. The number of hydrogen-bond acceptors (Lipinski definition) is 4. The largest absolute Gasteiger partial charge is 0.460 e. The van der Waals surface area contributed by atoms with Crippen molar-refractivity contribution in [1.82, 2.24) is 4.98 Å². The average Bonchev–Trinajstić information content (AvgIpc) is 2.57. The number of carbonyl (C=O) groups is 1. The molecule has 0 bridgehead atoms. The maximum atomic E-state index is 10.5. The standard InChI is InChI=1S/C9H8N2O2S/c10-8(12)5-13-9-11-6-3-1-2-4-7(6)14-9/h1-4H,5H2,(H2,10,12). The van der Waals surface area contributed by atoms with E-state index in [0.717, 1.165) is 10.2 Å². The number of rotatable bonds is 3. The summed E-state index contributed by atoms with van der Waals surface area (Å²) in [5.74, 6) is -0.496. The second kappa shape index (κ2) is 3.63. The molecule has 2 rings (SSSR count). The van der Waals surface area contributed by atoms with Crippen LogP contribution in [0.2, 0.25) is 0 Å². The molecular formula is C9H8N2O2S. The number of para-hydroxylation sites is 1. The quantitative estimate of drug-likeness (QED) is 0.823. The first-order valence-electron chi connectivity index (χ1n) is 4.02. The van der Waals surface area contributed by atoms with Crippen molar-refractivity contribution in [2.45, 2.75) is 0 Å². The van der Waals surface area contributed by atoms with Gasteiger partial charge in [0, 0.05) is 0 Å². The van der Waals surface area contributed by atoms with Crippen LogP contribution in [0.4, 0.5) is 0 Å². The van der Waals surface area contributed by atoms with Gasteiger partial charge in [0.1, 0.15) is 0 Å². The summed E-state index contributed by atoms with van der Waals surface area (Å²) in [4.78, 5) is 14.6. The molecule has 0 aliphatic heterocycles. The van der Waals surface area contributed by atoms with Crippen molar-refractivity contribution in [3.05, 3.63) is 24.3 Å². The number of hydrogen-bond donors (Lipinski definition) is 1. The SMILES string of the molecule is NC(=O)COc1nc2ccccc2s1. The fourth-order valence-corrected chi connectivity index (χ4v) is 1.86. The molecule has 1 aromatic heterocycles. The van der Waals surface area contributed by atoms with Gasteiger partial charge in [-0.15, -0.1) is 0 Å². The molecule has 2 aromatic rings. The van der Waals surface area contributed by atoms with Gasteiger partial charge in [-0.05, 0) is 12.1 Å². The van der Waals surface area contributed by atoms with Crippen molar-refractivity contribution in [2.24, 2.45) is 5.73 Å². The summed E-state index contributed by atoms with van der Waals surface area (Å²) in [7, 11) is 0. The average molecular weight is 208 g/mol. The number of nitrogens with zero attached hydrogens (tertiary/aromatic N) is 1. The number of thiazole rings is 1. The Labute approximate surface area is 84.3 Å². The Morgan fingerprint density at radius 2 is 2.29 bits per heavy atom. The molecule has 0 saturated heterocycles. The zero-order chi connectivity index (χ0) is 9.97. The predicted octanol–water partition coefficient (Wildman–Crippen LogP) is 1.16. The van der Waals surface area contributed by atoms with Gasteiger partial charge in [0.05, 0.1) is 10.2 Å². The van der Waals surface area contributed by atoms with Gasteiger partial charge >= 0.3 is 0 Å². The lowest BCUT2D eigenvalue weighted by atomic mass is 10.3. The highest BCUT2D eigenvalue weighted by Crippen LogP contribution is 2.26. The van der Waals surface area contributed by atoms with Crippen molar-refractivity contribution in [2.75, 3.05) is 6.61 Å². The Kier molecular flexibility index (Phi) is 2.32. The van der Waals surface area contributed by atoms with Crippen molar-refractivity contribution in [3.8, 4) is 5.19 Å². The maximum Gasteiger partial charge on any atom is 0.274 e. The van der Waals surface area contributed by atoms with Gasteiger partial charge in [-0.3, -0.25) is 4.79 Å². The third-order valence-electron chi connectivity index (χ3n) is 1.61. The van der Waals surface area contributed by atoms with Gasteiger partial charge in [-0.1, -0.05) is 23.5 Å². The molecule has 14 heavy (non-hydrogen) atoms. The molecule has 0 saturated carbocycles. The van der Waals surface area contributed by atoms with E-state index in [-0.39, 0.29) is 6.61 Å². The zero-order valence-electron chi connectivity index (χ0n) is 7.27. The first-order valence-corrected chi connectivity index (χ1v) is 4.84. The van der Waals surface area contributed by atoms with Crippen LogP contribution in [0, 0.1) is 0 Å². The summed E-state index contributed by atoms with van der Waals surface area (Å²) in [5.41, 5.74) is 5.82. The number of nitrogens with two attached hydrogens (primary N) is 1. The van der Waals surface area contributed by atoms with Crippen LogP contribution in [0.3, 0.4) is 0 Å². The number of ether oxygens (including phenoxy) is 1. The first kappa shape index (κ1) is 8.96. The van der Waals surface area contributed by atoms with Gasteiger partial charge in [0.15, 0.2) is 6.61 Å². The van der Waals surface area contributed by atoms with Crippen molar-refractivity contribution in [3.63, 3.8) is 0 Å². The molecule has 72 valence electrons. The summed E-state index contributed by atoms with van der Waals surface area (Å²) in [6.07, 6.45) is 0. The number of fused-ring (bicyclic) bond motifs is 1. The van der Waals surface area contributed by atoms with Crippen LogP contribution >= 0.6 is 11.3 Å². The summed E-state index contributed by atoms with van der Waals surface area (Å²) in [5, 5.41) is 0.477. The highest BCUT2D eigenvalue weighted by atomic mass is 32.1. The minimum Gasteiger partial charge on any atom is -0.460 e. The van der Waals surface area contributed by atoms with Gasteiger partial charge < -0.3 is 10.5 Å². The minimum atomic E-state index is -0.496. The molecule has 0 unspecified atom stereocenters. The van der Waals surface area contributed by atoms with Crippen LogP contribution < -0.4 is 10.5 Å². The molecule has 1 amide bonds. The number of benzene rings is 1. The van der Waals surface area contributed by atoms with Crippen molar-refractivity contribution in [1.29, 1.82) is 0 Å². The number of aromatic nitrogens is 1. The lowest BCUT2D eigenvalue weighted by molar-refractivity contribution is -0.119. The van der Waals surface area contributed by atoms with Crippen molar-refractivity contribution < 1.29 is 9.53 Å². The third kappa shape index (κ3) is 1.82. The van der Waals surface area contributed by atoms with E-state index < -0.39 is 5.91 Å². The van der Waals surface area contributed by atoms with E-state index >= 15 is 0 Å². The number of primary amides is 1. The molecule has 0 spiro atoms. The van der Waals surface area contributed by atoms with Gasteiger partial charge in [0.25, 0.3) is 11.1 Å². The van der Waals surface area contributed by atoms with E-state index in [1.54, 1.807) is 0 Å². The van der Waals surface area contributed by atoms with Gasteiger partial charge in [-0.25, -0.2) is 4.98 Å². The van der Waals surface area contributed by atoms with E-state index in [4.69, 9.17) is 10.5 Å². The molecular weight excluding hydrogens is 200 g/mol. The minimum absolute atomic E-state index is 0.125. The topological polar surface area (TPSA) is 65.2 Å². The monoisotopic (exact) mass is 208 g/mol. The van der Waals surface area contributed by atoms with Crippen LogP contribution in [0.5, 0.6) is 5.19 Å².